The summed E-state index contributed by atoms with van der Waals surface area (Å²) >= 11 is 0. The first-order valence-corrected chi connectivity index (χ1v) is 10.6. The second-order valence-corrected chi connectivity index (χ2v) is 8.36. The van der Waals surface area contributed by atoms with Crippen LogP contribution in [0.25, 0.3) is 0 Å². The van der Waals surface area contributed by atoms with E-state index in [4.69, 9.17) is 14.2 Å². The molecule has 1 aliphatic heterocycles. The molecule has 158 valence electrons. The van der Waals surface area contributed by atoms with Crippen LogP contribution in [0.15, 0.2) is 35.9 Å². The zero-order chi connectivity index (χ0) is 21.2. The first kappa shape index (κ1) is 21.6. The Morgan fingerprint density at radius 3 is 2.52 bits per heavy atom. The average molecular weight is 401 g/mol. The van der Waals surface area contributed by atoms with Crippen LogP contribution in [0.3, 0.4) is 0 Å². The number of hydrogen-bond acceptors (Lipinski definition) is 5. The number of carbonyl (C=O) groups is 2. The summed E-state index contributed by atoms with van der Waals surface area (Å²) in [6.07, 6.45) is 2.78. The summed E-state index contributed by atoms with van der Waals surface area (Å²) in [7, 11) is 0. The van der Waals surface area contributed by atoms with E-state index in [9.17, 15) is 9.59 Å². The van der Waals surface area contributed by atoms with Gasteiger partial charge in [0.05, 0.1) is 19.3 Å². The lowest BCUT2D eigenvalue weighted by Gasteiger charge is -2.55. The summed E-state index contributed by atoms with van der Waals surface area (Å²) in [6.45, 7) is 11.0. The molecule has 0 saturated carbocycles. The number of para-hydroxylation sites is 1. The fraction of sp³-hybridized carbons (Fsp3) is 0.583. The smallest absolute Gasteiger partial charge is 0.310 e. The minimum absolute atomic E-state index is 0.127. The first-order chi connectivity index (χ1) is 13.8. The normalized spacial score (nSPS) is 31.0. The van der Waals surface area contributed by atoms with Crippen molar-refractivity contribution in [2.45, 2.75) is 53.6 Å². The Bertz CT molecular complexity index is 798. The summed E-state index contributed by atoms with van der Waals surface area (Å²) in [5.74, 6) is 0.746. The third kappa shape index (κ3) is 3.97. The molecule has 1 aromatic carbocycles. The van der Waals surface area contributed by atoms with Gasteiger partial charge in [0, 0.05) is 29.7 Å². The Kier molecular flexibility index (Phi) is 6.47. The molecule has 0 unspecified atom stereocenters. The molecule has 2 bridgehead atoms. The number of benzene rings is 1. The van der Waals surface area contributed by atoms with Gasteiger partial charge in [-0.3, -0.25) is 9.59 Å². The van der Waals surface area contributed by atoms with Crippen molar-refractivity contribution in [2.75, 3.05) is 13.2 Å². The van der Waals surface area contributed by atoms with Crippen molar-refractivity contribution in [3.8, 4) is 5.75 Å². The topological polar surface area (TPSA) is 61.8 Å². The highest BCUT2D eigenvalue weighted by Gasteiger charge is 2.54. The summed E-state index contributed by atoms with van der Waals surface area (Å²) in [5, 5.41) is 0. The van der Waals surface area contributed by atoms with E-state index in [1.165, 1.54) is 5.57 Å². The molecule has 0 spiro atoms. The predicted molar refractivity (Wildman–Crippen MR) is 110 cm³/mol. The third-order valence-corrected chi connectivity index (χ3v) is 6.78. The predicted octanol–water partition coefficient (Wildman–Crippen LogP) is 4.86. The molecule has 0 amide bonds. The van der Waals surface area contributed by atoms with Gasteiger partial charge in [-0.15, -0.1) is 0 Å². The van der Waals surface area contributed by atoms with Crippen LogP contribution in [0.5, 0.6) is 5.75 Å². The largest absolute Gasteiger partial charge is 0.465 e. The number of ether oxygens (including phenoxy) is 3. The number of fused-ring (bicyclic) bond motifs is 2. The van der Waals surface area contributed by atoms with Crippen molar-refractivity contribution >= 4 is 11.9 Å². The van der Waals surface area contributed by atoms with Crippen molar-refractivity contribution in [3.05, 3.63) is 41.5 Å². The number of esters is 2. The summed E-state index contributed by atoms with van der Waals surface area (Å²) in [6, 6.07) is 7.62. The maximum Gasteiger partial charge on any atom is 0.310 e. The molecule has 5 nitrogen and oxygen atoms in total. The van der Waals surface area contributed by atoms with Crippen LogP contribution >= 0.6 is 0 Å². The lowest BCUT2D eigenvalue weighted by molar-refractivity contribution is -0.182. The van der Waals surface area contributed by atoms with Gasteiger partial charge < -0.3 is 14.2 Å². The molecule has 1 aromatic rings. The summed E-state index contributed by atoms with van der Waals surface area (Å²) in [4.78, 5) is 23.7. The SMILES string of the molecule is CCC(=O)OC[C@@]12CO[C@H](c3ccccc3OC(=O)CC)[C@H](C(C)=C[C@@H]1C)[C@@H]2C. The van der Waals surface area contributed by atoms with E-state index in [2.05, 4.69) is 26.8 Å². The van der Waals surface area contributed by atoms with Crippen LogP contribution in [-0.2, 0) is 19.1 Å². The zero-order valence-corrected chi connectivity index (χ0v) is 18.1. The van der Waals surface area contributed by atoms with Gasteiger partial charge in [-0.2, -0.15) is 0 Å². The van der Waals surface area contributed by atoms with Crippen molar-refractivity contribution in [3.63, 3.8) is 0 Å². The number of carbonyl (C=O) groups excluding carboxylic acids is 2. The molecule has 0 N–H and O–H groups in total. The van der Waals surface area contributed by atoms with E-state index in [-0.39, 0.29) is 41.2 Å². The van der Waals surface area contributed by atoms with Crippen LogP contribution in [0, 0.1) is 23.2 Å². The second-order valence-electron chi connectivity index (χ2n) is 8.36. The van der Waals surface area contributed by atoms with Crippen LogP contribution in [0.4, 0.5) is 0 Å². The highest BCUT2D eigenvalue weighted by molar-refractivity contribution is 5.72. The van der Waals surface area contributed by atoms with Crippen molar-refractivity contribution < 1.29 is 23.8 Å². The van der Waals surface area contributed by atoms with Gasteiger partial charge in [0.1, 0.15) is 5.75 Å². The van der Waals surface area contributed by atoms with Gasteiger partial charge in [-0.25, -0.2) is 0 Å². The van der Waals surface area contributed by atoms with E-state index in [1.807, 2.05) is 31.2 Å². The highest BCUT2D eigenvalue weighted by Crippen LogP contribution is 2.57. The van der Waals surface area contributed by atoms with E-state index in [0.717, 1.165) is 5.56 Å². The molecule has 29 heavy (non-hydrogen) atoms. The van der Waals surface area contributed by atoms with Gasteiger partial charge in [0.15, 0.2) is 0 Å². The van der Waals surface area contributed by atoms with E-state index < -0.39 is 0 Å². The van der Waals surface area contributed by atoms with E-state index in [0.29, 0.717) is 31.8 Å². The summed E-state index contributed by atoms with van der Waals surface area (Å²) in [5.41, 5.74) is 1.91. The Morgan fingerprint density at radius 1 is 1.14 bits per heavy atom. The molecule has 2 aliphatic rings. The minimum Gasteiger partial charge on any atom is -0.465 e. The quantitative estimate of drug-likeness (QED) is 0.388. The van der Waals surface area contributed by atoms with Gasteiger partial charge in [-0.05, 0) is 24.8 Å². The fourth-order valence-electron chi connectivity index (χ4n) is 4.86. The van der Waals surface area contributed by atoms with Crippen molar-refractivity contribution in [1.82, 2.24) is 0 Å². The monoisotopic (exact) mass is 400 g/mol. The second kappa shape index (κ2) is 8.70. The molecule has 1 saturated heterocycles. The van der Waals surface area contributed by atoms with Crippen LogP contribution in [0.2, 0.25) is 0 Å². The third-order valence-electron chi connectivity index (χ3n) is 6.78. The maximum absolute atomic E-state index is 11.9. The molecular weight excluding hydrogens is 368 g/mol. The van der Waals surface area contributed by atoms with Gasteiger partial charge in [0.25, 0.3) is 0 Å². The molecule has 5 atom stereocenters. The molecule has 1 aliphatic carbocycles. The molecule has 1 fully saturated rings. The fourth-order valence-corrected chi connectivity index (χ4v) is 4.86. The Hall–Kier alpha value is -2.14. The van der Waals surface area contributed by atoms with Gasteiger partial charge >= 0.3 is 11.9 Å². The highest BCUT2D eigenvalue weighted by atomic mass is 16.5. The van der Waals surface area contributed by atoms with Crippen molar-refractivity contribution in [1.29, 1.82) is 0 Å². The Labute approximate surface area is 173 Å². The number of allylic oxidation sites excluding steroid dienone is 1. The standard InChI is InChI=1S/C24H32O5/c1-6-20(25)27-13-24-14-28-23(22(17(24)5)15(3)12-16(24)4)18-10-8-9-11-19(18)29-21(26)7-2/h8-12,16-17,22-23H,6-7,13-14H2,1-5H3/t16-,17-,22+,23+,24+/m0/s1. The molecule has 5 heteroatoms. The van der Waals surface area contributed by atoms with Crippen LogP contribution < -0.4 is 4.74 Å². The molecule has 1 heterocycles. The number of hydrogen-bond donors (Lipinski definition) is 0. The maximum atomic E-state index is 11.9. The Morgan fingerprint density at radius 2 is 1.83 bits per heavy atom. The van der Waals surface area contributed by atoms with Crippen LogP contribution in [0.1, 0.15) is 59.1 Å². The van der Waals surface area contributed by atoms with Crippen LogP contribution in [-0.4, -0.2) is 25.2 Å². The molecule has 3 rings (SSSR count). The zero-order valence-electron chi connectivity index (χ0n) is 18.1. The molecular formula is C24H32O5. The lowest BCUT2D eigenvalue weighted by atomic mass is 9.56. The first-order valence-electron chi connectivity index (χ1n) is 10.6. The Balaban J connectivity index is 1.94. The van der Waals surface area contributed by atoms with Crippen molar-refractivity contribution in [2.24, 2.45) is 23.2 Å². The van der Waals surface area contributed by atoms with E-state index in [1.54, 1.807) is 6.92 Å². The summed E-state index contributed by atoms with van der Waals surface area (Å²) < 4.78 is 17.6. The minimum atomic E-state index is -0.258. The number of rotatable bonds is 6. The van der Waals surface area contributed by atoms with E-state index >= 15 is 0 Å². The van der Waals surface area contributed by atoms with Gasteiger partial charge in [-0.1, -0.05) is 57.5 Å². The molecule has 0 aromatic heterocycles. The van der Waals surface area contributed by atoms with Gasteiger partial charge in [0.2, 0.25) is 0 Å². The average Bonchev–Trinajstić information content (AvgIpc) is 2.71. The molecule has 0 radical (unpaired) electrons. The lowest BCUT2D eigenvalue weighted by Crippen LogP contribution is -2.54.